The van der Waals surface area contributed by atoms with Gasteiger partial charge in [-0.25, -0.2) is 13.4 Å². The fourth-order valence-electron chi connectivity index (χ4n) is 3.79. The van der Waals surface area contributed by atoms with E-state index in [0.29, 0.717) is 23.3 Å². The van der Waals surface area contributed by atoms with E-state index >= 15 is 0 Å². The van der Waals surface area contributed by atoms with Crippen molar-refractivity contribution in [3.8, 4) is 0 Å². The molecule has 1 fully saturated rings. The second-order valence-electron chi connectivity index (χ2n) is 7.01. The summed E-state index contributed by atoms with van der Waals surface area (Å²) in [6.07, 6.45) is 1.67. The molecule has 9 heteroatoms. The van der Waals surface area contributed by atoms with Crippen molar-refractivity contribution in [2.24, 2.45) is 0 Å². The molecule has 0 aliphatic carbocycles. The van der Waals surface area contributed by atoms with Crippen LogP contribution in [0.4, 0.5) is 0 Å². The van der Waals surface area contributed by atoms with Crippen molar-refractivity contribution < 1.29 is 8.42 Å². The van der Waals surface area contributed by atoms with Gasteiger partial charge in [-0.15, -0.1) is 0 Å². The van der Waals surface area contributed by atoms with Gasteiger partial charge < -0.3 is 9.97 Å². The van der Waals surface area contributed by atoms with Crippen LogP contribution in [0.3, 0.4) is 0 Å². The van der Waals surface area contributed by atoms with Gasteiger partial charge in [-0.05, 0) is 43.2 Å². The summed E-state index contributed by atoms with van der Waals surface area (Å²) >= 11 is 1.02. The van der Waals surface area contributed by atoms with Gasteiger partial charge in [0.2, 0.25) is 10.0 Å². The Kier molecular flexibility index (Phi) is 4.11. The fourth-order valence-corrected chi connectivity index (χ4v) is 6.19. The van der Waals surface area contributed by atoms with E-state index in [0.717, 1.165) is 41.0 Å². The molecule has 0 spiro atoms. The maximum atomic E-state index is 13.2. The second-order valence-corrected chi connectivity index (χ2v) is 9.97. The van der Waals surface area contributed by atoms with Gasteiger partial charge >= 0.3 is 4.87 Å². The van der Waals surface area contributed by atoms with Crippen molar-refractivity contribution in [1.82, 2.24) is 19.3 Å². The summed E-state index contributed by atoms with van der Waals surface area (Å²) in [6.45, 7) is 0.879. The van der Waals surface area contributed by atoms with Crippen molar-refractivity contribution >= 4 is 42.6 Å². The highest BCUT2D eigenvalue weighted by molar-refractivity contribution is 7.89. The van der Waals surface area contributed by atoms with Crippen LogP contribution in [0.15, 0.2) is 52.2 Å². The summed E-state index contributed by atoms with van der Waals surface area (Å²) in [5, 5.41) is 0. The molecule has 0 bridgehead atoms. The number of imidazole rings is 1. The highest BCUT2D eigenvalue weighted by Gasteiger charge is 2.32. The number of sulfonamides is 1. The quantitative estimate of drug-likeness (QED) is 0.538. The Bertz CT molecular complexity index is 1300. The zero-order valence-electron chi connectivity index (χ0n) is 14.9. The van der Waals surface area contributed by atoms with E-state index in [1.165, 1.54) is 4.31 Å². The molecule has 7 nitrogen and oxygen atoms in total. The standard InChI is InChI=1S/C19H18N4O3S2/c24-19-22-16-8-7-13(10-17(16)27-19)28(25,26)23-9-3-4-12(11-23)18-20-14-5-1-2-6-15(14)21-18/h1-2,5-8,10,12H,3-4,9,11H2,(H,20,21)(H,22,24)/t12-/m0/s1. The number of nitrogens with zero attached hydrogens (tertiary/aromatic N) is 2. The number of aromatic nitrogens is 3. The van der Waals surface area contributed by atoms with Crippen LogP contribution in [0.25, 0.3) is 21.3 Å². The maximum Gasteiger partial charge on any atom is 0.305 e. The average molecular weight is 415 g/mol. The minimum atomic E-state index is -3.63. The lowest BCUT2D eigenvalue weighted by Gasteiger charge is -2.31. The highest BCUT2D eigenvalue weighted by Crippen LogP contribution is 2.31. The van der Waals surface area contributed by atoms with Gasteiger partial charge in [-0.3, -0.25) is 4.79 Å². The van der Waals surface area contributed by atoms with E-state index in [1.54, 1.807) is 18.2 Å². The first-order chi connectivity index (χ1) is 13.5. The number of nitrogens with one attached hydrogen (secondary N) is 2. The minimum Gasteiger partial charge on any atom is -0.342 e. The first-order valence-electron chi connectivity index (χ1n) is 9.08. The topological polar surface area (TPSA) is 98.9 Å². The van der Waals surface area contributed by atoms with Crippen LogP contribution in [-0.4, -0.2) is 40.8 Å². The van der Waals surface area contributed by atoms with E-state index in [-0.39, 0.29) is 15.7 Å². The van der Waals surface area contributed by atoms with Crippen LogP contribution in [0, 0.1) is 0 Å². The zero-order valence-corrected chi connectivity index (χ0v) is 16.5. The van der Waals surface area contributed by atoms with E-state index in [2.05, 4.69) is 15.0 Å². The molecule has 1 saturated heterocycles. The Morgan fingerprint density at radius 3 is 2.82 bits per heavy atom. The van der Waals surface area contributed by atoms with Gasteiger partial charge in [0.1, 0.15) is 5.82 Å². The van der Waals surface area contributed by atoms with Gasteiger partial charge in [0.15, 0.2) is 0 Å². The van der Waals surface area contributed by atoms with E-state index in [4.69, 9.17) is 0 Å². The summed E-state index contributed by atoms with van der Waals surface area (Å²) in [5.41, 5.74) is 2.52. The first-order valence-corrected chi connectivity index (χ1v) is 11.3. The largest absolute Gasteiger partial charge is 0.342 e. The highest BCUT2D eigenvalue weighted by atomic mass is 32.2. The number of para-hydroxylation sites is 2. The molecule has 0 radical (unpaired) electrons. The van der Waals surface area contributed by atoms with Crippen molar-refractivity contribution in [1.29, 1.82) is 0 Å². The number of hydrogen-bond acceptors (Lipinski definition) is 5. The number of rotatable bonds is 3. The molecule has 2 aromatic carbocycles. The molecular weight excluding hydrogens is 396 g/mol. The summed E-state index contributed by atoms with van der Waals surface area (Å²) in [4.78, 5) is 22.2. The third kappa shape index (κ3) is 2.95. The molecule has 144 valence electrons. The fraction of sp³-hybridized carbons (Fsp3) is 0.263. The van der Waals surface area contributed by atoms with Crippen molar-refractivity contribution in [3.05, 3.63) is 58.0 Å². The third-order valence-corrected chi connectivity index (χ3v) is 7.92. The van der Waals surface area contributed by atoms with Gasteiger partial charge in [0, 0.05) is 19.0 Å². The Labute approximate surface area is 165 Å². The summed E-state index contributed by atoms with van der Waals surface area (Å²) in [5.74, 6) is 0.864. The van der Waals surface area contributed by atoms with E-state index in [9.17, 15) is 13.2 Å². The molecule has 1 atom stereocenters. The number of thiazole rings is 1. The number of hydrogen-bond donors (Lipinski definition) is 2. The SMILES string of the molecule is O=c1[nH]c2ccc(S(=O)(=O)N3CCC[C@H](c4nc5ccccc5[nH]4)C3)cc2s1. The molecule has 0 saturated carbocycles. The summed E-state index contributed by atoms with van der Waals surface area (Å²) in [6, 6.07) is 12.6. The van der Waals surface area contributed by atoms with Crippen molar-refractivity contribution in [3.63, 3.8) is 0 Å². The molecule has 5 rings (SSSR count). The lowest BCUT2D eigenvalue weighted by atomic mass is 9.99. The van der Waals surface area contributed by atoms with Crippen LogP contribution >= 0.6 is 11.3 Å². The molecule has 1 aliphatic heterocycles. The van der Waals surface area contributed by atoms with Gasteiger partial charge in [-0.2, -0.15) is 4.31 Å². The van der Waals surface area contributed by atoms with E-state index in [1.807, 2.05) is 24.3 Å². The zero-order chi connectivity index (χ0) is 19.3. The Morgan fingerprint density at radius 1 is 1.11 bits per heavy atom. The molecule has 4 aromatic rings. The van der Waals surface area contributed by atoms with Crippen molar-refractivity contribution in [2.45, 2.75) is 23.7 Å². The predicted octanol–water partition coefficient (Wildman–Crippen LogP) is 3.03. The van der Waals surface area contributed by atoms with Crippen LogP contribution < -0.4 is 4.87 Å². The van der Waals surface area contributed by atoms with Crippen molar-refractivity contribution in [2.75, 3.05) is 13.1 Å². The van der Waals surface area contributed by atoms with Gasteiger partial charge in [0.05, 0.1) is 26.1 Å². The number of piperidine rings is 1. The molecule has 0 amide bonds. The van der Waals surface area contributed by atoms with Crippen LogP contribution in [-0.2, 0) is 10.0 Å². The normalized spacial score (nSPS) is 18.8. The molecule has 3 heterocycles. The van der Waals surface area contributed by atoms with Crippen LogP contribution in [0.5, 0.6) is 0 Å². The monoisotopic (exact) mass is 414 g/mol. The number of aromatic amines is 2. The number of fused-ring (bicyclic) bond motifs is 2. The Morgan fingerprint density at radius 2 is 1.96 bits per heavy atom. The van der Waals surface area contributed by atoms with Crippen LogP contribution in [0.1, 0.15) is 24.6 Å². The Balaban J connectivity index is 1.46. The average Bonchev–Trinajstić information content (AvgIpc) is 3.29. The number of benzene rings is 2. The van der Waals surface area contributed by atoms with Gasteiger partial charge in [-0.1, -0.05) is 23.5 Å². The molecule has 1 aliphatic rings. The molecule has 0 unspecified atom stereocenters. The third-order valence-electron chi connectivity index (χ3n) is 5.21. The van der Waals surface area contributed by atoms with Crippen LogP contribution in [0.2, 0.25) is 0 Å². The summed E-state index contributed by atoms with van der Waals surface area (Å²) < 4.78 is 28.6. The van der Waals surface area contributed by atoms with E-state index < -0.39 is 10.0 Å². The lowest BCUT2D eigenvalue weighted by molar-refractivity contribution is 0.310. The lowest BCUT2D eigenvalue weighted by Crippen LogP contribution is -2.39. The summed E-state index contributed by atoms with van der Waals surface area (Å²) in [7, 11) is -3.63. The minimum absolute atomic E-state index is 0.0305. The molecule has 28 heavy (non-hydrogen) atoms. The Hall–Kier alpha value is -2.49. The number of H-pyrrole nitrogens is 2. The molecule has 2 aromatic heterocycles. The predicted molar refractivity (Wildman–Crippen MR) is 109 cm³/mol. The first kappa shape index (κ1) is 17.6. The second kappa shape index (κ2) is 6.54. The molecule has 2 N–H and O–H groups in total. The molecular formula is C19H18N4O3S2. The smallest absolute Gasteiger partial charge is 0.305 e. The van der Waals surface area contributed by atoms with Gasteiger partial charge in [0.25, 0.3) is 0 Å². The maximum absolute atomic E-state index is 13.2.